The summed E-state index contributed by atoms with van der Waals surface area (Å²) >= 11 is 12.5. The highest BCUT2D eigenvalue weighted by molar-refractivity contribution is 6.37. The van der Waals surface area contributed by atoms with Gasteiger partial charge in [-0.05, 0) is 73.2 Å². The Morgan fingerprint density at radius 2 is 1.55 bits per heavy atom. The van der Waals surface area contributed by atoms with Crippen LogP contribution in [0.5, 0.6) is 0 Å². The van der Waals surface area contributed by atoms with E-state index in [9.17, 15) is 4.79 Å². The summed E-state index contributed by atoms with van der Waals surface area (Å²) in [4.78, 5) is 12.3. The second-order valence-electron chi connectivity index (χ2n) is 7.44. The third kappa shape index (κ3) is 5.42. The van der Waals surface area contributed by atoms with E-state index in [1.54, 1.807) is 18.2 Å². The number of urea groups is 1. The molecule has 4 aromatic rings. The van der Waals surface area contributed by atoms with Gasteiger partial charge in [-0.3, -0.25) is 0 Å². The van der Waals surface area contributed by atoms with E-state index in [1.165, 1.54) is 0 Å². The molecule has 0 unspecified atom stereocenters. The van der Waals surface area contributed by atoms with E-state index in [2.05, 4.69) is 20.8 Å². The molecule has 2 N–H and O–H groups in total. The van der Waals surface area contributed by atoms with Crippen molar-refractivity contribution in [1.29, 1.82) is 0 Å². The molecule has 0 aliphatic carbocycles. The lowest BCUT2D eigenvalue weighted by Crippen LogP contribution is -2.19. The third-order valence-electron chi connectivity index (χ3n) is 4.98. The number of benzene rings is 3. The first-order valence-electron chi connectivity index (χ1n) is 10.2. The number of nitrogens with zero attached hydrogens (tertiary/aromatic N) is 3. The van der Waals surface area contributed by atoms with Gasteiger partial charge in [-0.2, -0.15) is 0 Å². The van der Waals surface area contributed by atoms with Gasteiger partial charge >= 0.3 is 6.03 Å². The van der Waals surface area contributed by atoms with Crippen LogP contribution >= 0.6 is 23.2 Å². The summed E-state index contributed by atoms with van der Waals surface area (Å²) in [6.07, 6.45) is 3.63. The van der Waals surface area contributed by atoms with Gasteiger partial charge in [-0.25, -0.2) is 4.79 Å². The van der Waals surface area contributed by atoms with Crippen LogP contribution < -0.4 is 10.6 Å². The van der Waals surface area contributed by atoms with Gasteiger partial charge in [-0.15, -0.1) is 10.2 Å². The Balaban J connectivity index is 1.45. The number of aryl methyl sites for hydroxylation is 1. The summed E-state index contributed by atoms with van der Waals surface area (Å²) in [5, 5.41) is 15.3. The summed E-state index contributed by atoms with van der Waals surface area (Å²) < 4.78 is 1.87. The standard InChI is InChI=1S/C25H21Cl2N5O/c1-16-5-3-6-19(15-16)29-25(33)28-18-11-9-17(10-12-18)24-31-30-23(32(24)2)14-13-20-21(26)7-4-8-22(20)27/h3-15H,1-2H3,(H2,28,29,33)/b14-13+. The molecular weight excluding hydrogens is 457 g/mol. The fraction of sp³-hybridized carbons (Fsp3) is 0.0800. The van der Waals surface area contributed by atoms with E-state index >= 15 is 0 Å². The van der Waals surface area contributed by atoms with Crippen LogP contribution in [0.2, 0.25) is 10.0 Å². The van der Waals surface area contributed by atoms with E-state index in [0.717, 1.165) is 22.4 Å². The zero-order valence-corrected chi connectivity index (χ0v) is 19.5. The van der Waals surface area contributed by atoms with Crippen molar-refractivity contribution in [2.45, 2.75) is 6.92 Å². The molecular formula is C25H21Cl2N5O. The minimum atomic E-state index is -0.308. The quantitative estimate of drug-likeness (QED) is 0.327. The maximum atomic E-state index is 12.3. The average molecular weight is 478 g/mol. The molecule has 0 aliphatic rings. The number of aromatic nitrogens is 3. The molecule has 0 atom stereocenters. The molecule has 0 spiro atoms. The molecule has 166 valence electrons. The van der Waals surface area contributed by atoms with Crippen LogP contribution in [0.4, 0.5) is 16.2 Å². The van der Waals surface area contributed by atoms with E-state index in [-0.39, 0.29) is 6.03 Å². The van der Waals surface area contributed by atoms with E-state index in [1.807, 2.05) is 79.2 Å². The van der Waals surface area contributed by atoms with Crippen LogP contribution in [0.1, 0.15) is 17.0 Å². The van der Waals surface area contributed by atoms with Gasteiger partial charge in [0.05, 0.1) is 0 Å². The van der Waals surface area contributed by atoms with Gasteiger partial charge in [-0.1, -0.05) is 41.4 Å². The first kappa shape index (κ1) is 22.6. The highest BCUT2D eigenvalue weighted by Gasteiger charge is 2.10. The van der Waals surface area contributed by atoms with Crippen LogP contribution in [0, 0.1) is 6.92 Å². The molecule has 6 nitrogen and oxygen atoms in total. The molecule has 3 aromatic carbocycles. The number of halogens is 2. The SMILES string of the molecule is Cc1cccc(NC(=O)Nc2ccc(-c3nnc(/C=C/c4c(Cl)cccc4Cl)n3C)cc2)c1. The smallest absolute Gasteiger partial charge is 0.311 e. The Hall–Kier alpha value is -3.61. The lowest BCUT2D eigenvalue weighted by Gasteiger charge is -2.09. The number of hydrogen-bond acceptors (Lipinski definition) is 3. The van der Waals surface area contributed by atoms with Crippen molar-refractivity contribution in [2.24, 2.45) is 7.05 Å². The second-order valence-corrected chi connectivity index (χ2v) is 8.25. The van der Waals surface area contributed by atoms with Gasteiger partial charge in [0.2, 0.25) is 0 Å². The molecule has 0 saturated carbocycles. The van der Waals surface area contributed by atoms with Crippen LogP contribution in [0.25, 0.3) is 23.5 Å². The summed E-state index contributed by atoms with van der Waals surface area (Å²) in [6, 6.07) is 20.1. The molecule has 1 aromatic heterocycles. The van der Waals surface area contributed by atoms with Crippen molar-refractivity contribution in [3.63, 3.8) is 0 Å². The minimum absolute atomic E-state index is 0.308. The van der Waals surface area contributed by atoms with Crippen molar-refractivity contribution in [2.75, 3.05) is 10.6 Å². The number of hydrogen-bond donors (Lipinski definition) is 2. The van der Waals surface area contributed by atoms with Crippen molar-refractivity contribution in [3.05, 3.63) is 93.7 Å². The highest BCUT2D eigenvalue weighted by atomic mass is 35.5. The molecule has 1 heterocycles. The first-order valence-corrected chi connectivity index (χ1v) is 10.9. The van der Waals surface area contributed by atoms with Gasteiger partial charge in [0.25, 0.3) is 0 Å². The summed E-state index contributed by atoms with van der Waals surface area (Å²) in [5.41, 5.74) is 4.07. The normalized spacial score (nSPS) is 11.0. The number of amides is 2. The second kappa shape index (κ2) is 9.90. The molecule has 0 aliphatic heterocycles. The van der Waals surface area contributed by atoms with Crippen LogP contribution in [0.3, 0.4) is 0 Å². The van der Waals surface area contributed by atoms with Crippen molar-refractivity contribution < 1.29 is 4.79 Å². The molecule has 0 radical (unpaired) electrons. The molecule has 0 bridgehead atoms. The van der Waals surface area contributed by atoms with Crippen LogP contribution in [-0.4, -0.2) is 20.8 Å². The fourth-order valence-corrected chi connectivity index (χ4v) is 3.81. The number of nitrogens with one attached hydrogen (secondary N) is 2. The maximum absolute atomic E-state index is 12.3. The summed E-state index contributed by atoms with van der Waals surface area (Å²) in [6.45, 7) is 1.97. The molecule has 2 amide bonds. The first-order chi connectivity index (χ1) is 15.9. The molecule has 33 heavy (non-hydrogen) atoms. The van der Waals surface area contributed by atoms with Crippen molar-refractivity contribution in [3.8, 4) is 11.4 Å². The predicted octanol–water partition coefficient (Wildman–Crippen LogP) is 6.91. The van der Waals surface area contributed by atoms with Crippen LogP contribution in [-0.2, 0) is 7.05 Å². The number of carbonyl (C=O) groups excluding carboxylic acids is 1. The Morgan fingerprint density at radius 3 is 2.24 bits per heavy atom. The van der Waals surface area contributed by atoms with E-state index in [0.29, 0.717) is 27.4 Å². The highest BCUT2D eigenvalue weighted by Crippen LogP contribution is 2.27. The van der Waals surface area contributed by atoms with Gasteiger partial charge < -0.3 is 15.2 Å². The molecule has 4 rings (SSSR count). The summed E-state index contributed by atoms with van der Waals surface area (Å²) in [5.74, 6) is 1.34. The summed E-state index contributed by atoms with van der Waals surface area (Å²) in [7, 11) is 1.88. The topological polar surface area (TPSA) is 71.8 Å². The third-order valence-corrected chi connectivity index (χ3v) is 5.64. The molecule has 0 fully saturated rings. The van der Waals surface area contributed by atoms with Gasteiger partial charge in [0.15, 0.2) is 11.6 Å². The Morgan fingerprint density at radius 1 is 0.879 bits per heavy atom. The predicted molar refractivity (Wildman–Crippen MR) is 136 cm³/mol. The Kier molecular flexibility index (Phi) is 6.77. The van der Waals surface area contributed by atoms with E-state index in [4.69, 9.17) is 23.2 Å². The monoisotopic (exact) mass is 477 g/mol. The zero-order chi connectivity index (χ0) is 23.4. The molecule has 8 heteroatoms. The average Bonchev–Trinajstić information content (AvgIpc) is 3.14. The Bertz CT molecular complexity index is 1310. The van der Waals surface area contributed by atoms with Crippen molar-refractivity contribution in [1.82, 2.24) is 14.8 Å². The minimum Gasteiger partial charge on any atom is -0.311 e. The number of anilines is 2. The van der Waals surface area contributed by atoms with E-state index < -0.39 is 0 Å². The van der Waals surface area contributed by atoms with Crippen LogP contribution in [0.15, 0.2) is 66.7 Å². The largest absolute Gasteiger partial charge is 0.323 e. The Labute approximate surface area is 201 Å². The lowest BCUT2D eigenvalue weighted by atomic mass is 10.2. The van der Waals surface area contributed by atoms with Gasteiger partial charge in [0.1, 0.15) is 0 Å². The van der Waals surface area contributed by atoms with Gasteiger partial charge in [0, 0.05) is 39.6 Å². The maximum Gasteiger partial charge on any atom is 0.323 e. The fourth-order valence-electron chi connectivity index (χ4n) is 3.28. The number of carbonyl (C=O) groups is 1. The number of rotatable bonds is 5. The lowest BCUT2D eigenvalue weighted by molar-refractivity contribution is 0.262. The zero-order valence-electron chi connectivity index (χ0n) is 18.0. The molecule has 0 saturated heterocycles. The van der Waals surface area contributed by atoms with Crippen molar-refractivity contribution >= 4 is 52.8 Å².